The minimum absolute atomic E-state index is 0. The summed E-state index contributed by atoms with van der Waals surface area (Å²) in [5.41, 5.74) is 6.19. The highest BCUT2D eigenvalue weighted by Gasteiger charge is 2.30. The summed E-state index contributed by atoms with van der Waals surface area (Å²) in [5.74, 6) is -0.0833. The molecule has 5 nitrogen and oxygen atoms in total. The Morgan fingerprint density at radius 1 is 1.23 bits per heavy atom. The van der Waals surface area contributed by atoms with E-state index < -0.39 is 6.36 Å². The number of nitrogens with two attached hydrogens (primary N) is 1. The number of rotatable bonds is 7. The van der Waals surface area contributed by atoms with E-state index in [1.807, 2.05) is 0 Å². The van der Waals surface area contributed by atoms with Crippen molar-refractivity contribution in [1.82, 2.24) is 0 Å². The monoisotopic (exact) mass is 433 g/mol. The Balaban J connectivity index is 0.00000441. The van der Waals surface area contributed by atoms with Gasteiger partial charge < -0.3 is 20.5 Å². The molecule has 3 N–H and O–H groups in total. The van der Waals surface area contributed by atoms with Crippen molar-refractivity contribution in [3.8, 4) is 5.75 Å². The highest BCUT2D eigenvalue weighted by atomic mass is 127. The van der Waals surface area contributed by atoms with Crippen LogP contribution in [-0.4, -0.2) is 32.6 Å². The Hall–Kier alpha value is -1.23. The number of aliphatic imine (C=N–C) groups is 1. The summed E-state index contributed by atoms with van der Waals surface area (Å²) in [6, 6.07) is 5.24. The van der Waals surface area contributed by atoms with Gasteiger partial charge in [0, 0.05) is 25.9 Å². The summed E-state index contributed by atoms with van der Waals surface area (Å²) in [6.07, 6.45) is -2.97. The number of benzene rings is 1. The van der Waals surface area contributed by atoms with Crippen molar-refractivity contribution < 1.29 is 22.6 Å². The maximum absolute atomic E-state index is 12.0. The Morgan fingerprint density at radius 2 is 1.86 bits per heavy atom. The van der Waals surface area contributed by atoms with E-state index in [2.05, 4.69) is 15.0 Å². The molecule has 0 aliphatic carbocycles. The molecule has 0 spiro atoms. The van der Waals surface area contributed by atoms with Gasteiger partial charge in [0.2, 0.25) is 0 Å². The molecule has 0 amide bonds. The zero-order valence-electron chi connectivity index (χ0n) is 12.0. The minimum Gasteiger partial charge on any atom is -0.406 e. The Morgan fingerprint density at radius 3 is 2.41 bits per heavy atom. The molecule has 0 fully saturated rings. The molecule has 0 atom stereocenters. The third-order valence-corrected chi connectivity index (χ3v) is 2.40. The van der Waals surface area contributed by atoms with Crippen LogP contribution in [0.5, 0.6) is 5.75 Å². The first-order chi connectivity index (χ1) is 9.90. The van der Waals surface area contributed by atoms with E-state index in [1.165, 1.54) is 24.3 Å². The van der Waals surface area contributed by atoms with Gasteiger partial charge in [-0.15, -0.1) is 37.1 Å². The second kappa shape index (κ2) is 10.5. The first-order valence-electron chi connectivity index (χ1n) is 6.32. The molecule has 1 aromatic rings. The van der Waals surface area contributed by atoms with Crippen molar-refractivity contribution in [2.24, 2.45) is 10.7 Å². The fourth-order valence-electron chi connectivity index (χ4n) is 1.49. The van der Waals surface area contributed by atoms with Crippen LogP contribution in [-0.2, 0) is 4.74 Å². The maximum Gasteiger partial charge on any atom is 0.573 e. The molecule has 0 unspecified atom stereocenters. The van der Waals surface area contributed by atoms with Crippen LogP contribution in [0, 0.1) is 0 Å². The number of nitrogens with zero attached hydrogens (tertiary/aromatic N) is 1. The van der Waals surface area contributed by atoms with Crippen molar-refractivity contribution >= 4 is 35.6 Å². The largest absolute Gasteiger partial charge is 0.573 e. The van der Waals surface area contributed by atoms with Gasteiger partial charge in [0.25, 0.3) is 0 Å². The minimum atomic E-state index is -4.70. The fraction of sp³-hybridized carbons (Fsp3) is 0.462. The zero-order valence-corrected chi connectivity index (χ0v) is 14.4. The lowest BCUT2D eigenvalue weighted by molar-refractivity contribution is -0.274. The molecule has 0 bridgehead atoms. The van der Waals surface area contributed by atoms with Gasteiger partial charge in [0.15, 0.2) is 5.96 Å². The van der Waals surface area contributed by atoms with Crippen molar-refractivity contribution in [2.75, 3.05) is 25.6 Å². The van der Waals surface area contributed by atoms with Crippen LogP contribution in [0.15, 0.2) is 29.3 Å². The Labute approximate surface area is 144 Å². The van der Waals surface area contributed by atoms with Gasteiger partial charge in [-0.1, -0.05) is 0 Å². The highest BCUT2D eigenvalue weighted by molar-refractivity contribution is 14.0. The standard InChI is InChI=1S/C13H18F3N3O2.HI/c1-20-9-3-2-8-18-12(17)19-10-4-6-11(7-5-10)21-13(14,15)16;/h4-7H,2-3,8-9H2,1H3,(H3,17,18,19);1H. The molecule has 0 aliphatic heterocycles. The maximum atomic E-state index is 12.0. The summed E-state index contributed by atoms with van der Waals surface area (Å²) in [6.45, 7) is 1.22. The van der Waals surface area contributed by atoms with Crippen molar-refractivity contribution in [1.29, 1.82) is 0 Å². The van der Waals surface area contributed by atoms with E-state index in [0.717, 1.165) is 12.8 Å². The lowest BCUT2D eigenvalue weighted by atomic mass is 10.3. The molecule has 0 aliphatic rings. The van der Waals surface area contributed by atoms with Crippen LogP contribution in [0.1, 0.15) is 12.8 Å². The smallest absolute Gasteiger partial charge is 0.406 e. The van der Waals surface area contributed by atoms with E-state index >= 15 is 0 Å². The van der Waals surface area contributed by atoms with E-state index in [0.29, 0.717) is 18.8 Å². The number of alkyl halides is 3. The average Bonchev–Trinajstić information content (AvgIpc) is 2.39. The SMILES string of the molecule is COCCCCN=C(N)Nc1ccc(OC(F)(F)F)cc1.I. The van der Waals surface area contributed by atoms with E-state index in [1.54, 1.807) is 7.11 Å². The number of ether oxygens (including phenoxy) is 2. The summed E-state index contributed by atoms with van der Waals surface area (Å²) >= 11 is 0. The second-order valence-electron chi connectivity index (χ2n) is 4.16. The topological polar surface area (TPSA) is 68.9 Å². The van der Waals surface area contributed by atoms with Crippen LogP contribution >= 0.6 is 24.0 Å². The Kier molecular flexibility index (Phi) is 9.90. The predicted molar refractivity (Wildman–Crippen MR) is 89.8 cm³/mol. The van der Waals surface area contributed by atoms with Gasteiger partial charge in [0.05, 0.1) is 0 Å². The molecule has 0 radical (unpaired) electrons. The van der Waals surface area contributed by atoms with Crippen molar-refractivity contribution in [3.63, 3.8) is 0 Å². The third kappa shape index (κ3) is 9.66. The molecule has 22 heavy (non-hydrogen) atoms. The zero-order chi connectivity index (χ0) is 15.7. The molecule has 0 heterocycles. The van der Waals surface area contributed by atoms with E-state index in [4.69, 9.17) is 10.5 Å². The number of anilines is 1. The van der Waals surface area contributed by atoms with E-state index in [9.17, 15) is 13.2 Å². The van der Waals surface area contributed by atoms with Gasteiger partial charge in [-0.25, -0.2) is 0 Å². The average molecular weight is 433 g/mol. The molecule has 1 rings (SSSR count). The molecule has 0 saturated heterocycles. The molecule has 0 saturated carbocycles. The van der Waals surface area contributed by atoms with Crippen LogP contribution in [0.3, 0.4) is 0 Å². The number of nitrogens with one attached hydrogen (secondary N) is 1. The number of unbranched alkanes of at least 4 members (excludes halogenated alkanes) is 1. The number of methoxy groups -OCH3 is 1. The molecular weight excluding hydrogens is 414 g/mol. The summed E-state index contributed by atoms with van der Waals surface area (Å²) in [7, 11) is 1.63. The molecular formula is C13H19F3IN3O2. The van der Waals surface area contributed by atoms with Crippen LogP contribution in [0.25, 0.3) is 0 Å². The van der Waals surface area contributed by atoms with Gasteiger partial charge in [0.1, 0.15) is 5.75 Å². The molecule has 9 heteroatoms. The van der Waals surface area contributed by atoms with Gasteiger partial charge in [-0.05, 0) is 37.1 Å². The highest BCUT2D eigenvalue weighted by Crippen LogP contribution is 2.23. The third-order valence-electron chi connectivity index (χ3n) is 2.40. The summed E-state index contributed by atoms with van der Waals surface area (Å²) in [4.78, 5) is 4.09. The number of halogens is 4. The van der Waals surface area contributed by atoms with E-state index in [-0.39, 0.29) is 35.7 Å². The quantitative estimate of drug-likeness (QED) is 0.300. The van der Waals surface area contributed by atoms with Gasteiger partial charge in [-0.3, -0.25) is 4.99 Å². The predicted octanol–water partition coefficient (Wildman–Crippen LogP) is 3.36. The van der Waals surface area contributed by atoms with Crippen LogP contribution in [0.4, 0.5) is 18.9 Å². The van der Waals surface area contributed by atoms with Crippen molar-refractivity contribution in [3.05, 3.63) is 24.3 Å². The Bertz CT molecular complexity index is 453. The number of guanidine groups is 1. The molecule has 0 aromatic heterocycles. The first-order valence-corrected chi connectivity index (χ1v) is 6.32. The molecule has 126 valence electrons. The lowest BCUT2D eigenvalue weighted by Gasteiger charge is -2.10. The van der Waals surface area contributed by atoms with Gasteiger partial charge >= 0.3 is 6.36 Å². The van der Waals surface area contributed by atoms with Crippen molar-refractivity contribution in [2.45, 2.75) is 19.2 Å². The number of hydrogen-bond donors (Lipinski definition) is 2. The summed E-state index contributed by atoms with van der Waals surface area (Å²) < 4.78 is 44.6. The normalized spacial score (nSPS) is 11.7. The lowest BCUT2D eigenvalue weighted by Crippen LogP contribution is -2.23. The second-order valence-corrected chi connectivity index (χ2v) is 4.16. The molecule has 1 aromatic carbocycles. The fourth-order valence-corrected chi connectivity index (χ4v) is 1.49. The summed E-state index contributed by atoms with van der Waals surface area (Å²) in [5, 5.41) is 2.78. The number of hydrogen-bond acceptors (Lipinski definition) is 3. The van der Waals surface area contributed by atoms with Gasteiger partial charge in [-0.2, -0.15) is 0 Å². The van der Waals surface area contributed by atoms with Crippen LogP contribution < -0.4 is 15.8 Å². The van der Waals surface area contributed by atoms with Crippen LogP contribution in [0.2, 0.25) is 0 Å². The first kappa shape index (κ1) is 20.8.